The summed E-state index contributed by atoms with van der Waals surface area (Å²) in [6, 6.07) is -1.00. The zero-order chi connectivity index (χ0) is 15.6. The Labute approximate surface area is 124 Å². The minimum absolute atomic E-state index is 0.0712. The van der Waals surface area contributed by atoms with Crippen LogP contribution in [-0.4, -0.2) is 55.7 Å². The molecule has 1 aromatic rings. The molecule has 2 aliphatic rings. The molecule has 7 nitrogen and oxygen atoms in total. The number of ether oxygens (including phenoxy) is 1. The second kappa shape index (κ2) is 4.39. The summed E-state index contributed by atoms with van der Waals surface area (Å²) in [7, 11) is 0. The monoisotopic (exact) mass is 319 g/mol. The molecule has 3 rings (SSSR count). The normalized spacial score (nSPS) is 41.1. The maximum absolute atomic E-state index is 14.9. The summed E-state index contributed by atoms with van der Waals surface area (Å²) in [4.78, 5) is 15.4. The number of aromatic nitrogens is 2. The molecule has 1 aliphatic carbocycles. The number of halogens is 2. The van der Waals surface area contributed by atoms with E-state index < -0.39 is 41.8 Å². The average Bonchev–Trinajstić information content (AvgIpc) is 2.96. The number of hydrogen-bond acceptors (Lipinski definition) is 6. The van der Waals surface area contributed by atoms with Crippen LogP contribution in [0.4, 0.5) is 10.2 Å². The number of nitrogens with two attached hydrogens (primary N) is 1. The zero-order valence-electron chi connectivity index (χ0n) is 11.2. The Morgan fingerprint density at radius 3 is 2.81 bits per heavy atom. The highest BCUT2D eigenvalue weighted by atomic mass is 35.5. The number of nitrogen functional groups attached to an aromatic ring is 1. The molecule has 1 aliphatic heterocycles. The third-order valence-corrected chi connectivity index (χ3v) is 4.77. The summed E-state index contributed by atoms with van der Waals surface area (Å²) < 4.78 is 21.4. The van der Waals surface area contributed by atoms with Crippen molar-refractivity contribution < 1.29 is 19.3 Å². The van der Waals surface area contributed by atoms with Crippen LogP contribution in [0.2, 0.25) is 0 Å². The van der Waals surface area contributed by atoms with Gasteiger partial charge in [0.05, 0.1) is 12.5 Å². The quantitative estimate of drug-likeness (QED) is 0.624. The van der Waals surface area contributed by atoms with Gasteiger partial charge in [0, 0.05) is 11.8 Å². The van der Waals surface area contributed by atoms with Crippen molar-refractivity contribution in [3.63, 3.8) is 0 Å². The lowest BCUT2D eigenvalue weighted by molar-refractivity contribution is -0.117. The van der Waals surface area contributed by atoms with Crippen LogP contribution in [0.3, 0.4) is 0 Å². The average molecular weight is 320 g/mol. The molecule has 1 saturated heterocycles. The van der Waals surface area contributed by atoms with Crippen molar-refractivity contribution >= 4 is 17.4 Å². The molecule has 1 saturated carbocycles. The Morgan fingerprint density at radius 1 is 1.67 bits per heavy atom. The van der Waals surface area contributed by atoms with Crippen LogP contribution in [0.5, 0.6) is 0 Å². The smallest absolute Gasteiger partial charge is 0.349 e. The van der Waals surface area contributed by atoms with E-state index in [9.17, 15) is 19.4 Å². The minimum atomic E-state index is -2.17. The summed E-state index contributed by atoms with van der Waals surface area (Å²) in [5.74, 6) is -0.185. The highest BCUT2D eigenvalue weighted by molar-refractivity contribution is 6.18. The molecule has 21 heavy (non-hydrogen) atoms. The molecular formula is C12H15ClFN3O4. The van der Waals surface area contributed by atoms with E-state index in [1.807, 2.05) is 0 Å². The van der Waals surface area contributed by atoms with Crippen LogP contribution in [0.1, 0.15) is 11.6 Å². The summed E-state index contributed by atoms with van der Waals surface area (Å²) in [6.07, 6.45) is -1.31. The zero-order valence-corrected chi connectivity index (χ0v) is 11.9. The van der Waals surface area contributed by atoms with Crippen molar-refractivity contribution in [3.8, 4) is 0 Å². The second-order valence-corrected chi connectivity index (χ2v) is 5.84. The first-order valence-electron chi connectivity index (χ1n) is 6.38. The van der Waals surface area contributed by atoms with Crippen LogP contribution in [0.15, 0.2) is 11.0 Å². The molecule has 116 valence electrons. The molecule has 2 fully saturated rings. The predicted octanol–water partition coefficient (Wildman–Crippen LogP) is -0.873. The van der Waals surface area contributed by atoms with Gasteiger partial charge in [0.25, 0.3) is 0 Å². The van der Waals surface area contributed by atoms with Gasteiger partial charge in [0.2, 0.25) is 0 Å². The van der Waals surface area contributed by atoms with Crippen molar-refractivity contribution in [2.45, 2.75) is 36.4 Å². The van der Waals surface area contributed by atoms with Gasteiger partial charge in [0.15, 0.2) is 5.67 Å². The number of aryl methyl sites for hydroxylation is 1. The number of aliphatic hydroxyl groups excluding tert-OH is 2. The van der Waals surface area contributed by atoms with E-state index in [4.69, 9.17) is 22.1 Å². The van der Waals surface area contributed by atoms with E-state index in [0.29, 0.717) is 5.56 Å². The Bertz CT molecular complexity index is 650. The molecule has 0 aromatic carbocycles. The Balaban J connectivity index is 1.98. The Hall–Kier alpha value is -1.22. The van der Waals surface area contributed by atoms with Crippen molar-refractivity contribution in [1.29, 1.82) is 0 Å². The fourth-order valence-electron chi connectivity index (χ4n) is 2.93. The van der Waals surface area contributed by atoms with Crippen LogP contribution in [0, 0.1) is 6.92 Å². The van der Waals surface area contributed by atoms with Crippen molar-refractivity contribution in [1.82, 2.24) is 9.55 Å². The van der Waals surface area contributed by atoms with Gasteiger partial charge in [-0.05, 0) is 6.92 Å². The van der Waals surface area contributed by atoms with E-state index in [1.54, 1.807) is 6.92 Å². The van der Waals surface area contributed by atoms with Gasteiger partial charge in [-0.3, -0.25) is 4.57 Å². The number of anilines is 1. The number of rotatable bonds is 3. The molecule has 5 atom stereocenters. The molecule has 0 spiro atoms. The van der Waals surface area contributed by atoms with Crippen LogP contribution < -0.4 is 11.4 Å². The van der Waals surface area contributed by atoms with Gasteiger partial charge in [-0.1, -0.05) is 0 Å². The maximum atomic E-state index is 14.9. The van der Waals surface area contributed by atoms with Gasteiger partial charge in [-0.25, -0.2) is 9.18 Å². The third kappa shape index (κ3) is 1.70. The molecule has 9 heteroatoms. The number of aliphatic hydroxyl groups is 2. The first-order chi connectivity index (χ1) is 9.81. The molecule has 2 heterocycles. The summed E-state index contributed by atoms with van der Waals surface area (Å²) in [6.45, 7) is 1.02. The topological polar surface area (TPSA) is 111 Å². The minimum Gasteiger partial charge on any atom is -0.393 e. The van der Waals surface area contributed by atoms with E-state index in [-0.39, 0.29) is 11.7 Å². The van der Waals surface area contributed by atoms with Crippen LogP contribution in [0.25, 0.3) is 0 Å². The molecule has 1 unspecified atom stereocenters. The van der Waals surface area contributed by atoms with Gasteiger partial charge < -0.3 is 20.7 Å². The standard InChI is InChI=1S/C12H15ClFN3O4/c1-5-2-17(10(20)16-8(5)15)6-7-12(6,14)9(19)11(3-13,4-18)21-7/h2,6-7,9,18-19H,3-4H2,1H3,(H2,15,16,20)/t6?,7-,9+,11+,12+/m0/s1. The first-order valence-corrected chi connectivity index (χ1v) is 6.92. The second-order valence-electron chi connectivity index (χ2n) is 5.57. The van der Waals surface area contributed by atoms with Gasteiger partial charge in [0.1, 0.15) is 29.7 Å². The van der Waals surface area contributed by atoms with Gasteiger partial charge in [-0.15, -0.1) is 11.6 Å². The highest BCUT2D eigenvalue weighted by Gasteiger charge is 2.82. The Kier molecular flexibility index (Phi) is 3.07. The van der Waals surface area contributed by atoms with Crippen LogP contribution in [-0.2, 0) is 4.74 Å². The lowest BCUT2D eigenvalue weighted by Gasteiger charge is -2.32. The fraction of sp³-hybridized carbons (Fsp3) is 0.667. The lowest BCUT2D eigenvalue weighted by Crippen LogP contribution is -2.52. The number of alkyl halides is 2. The summed E-state index contributed by atoms with van der Waals surface area (Å²) >= 11 is 5.67. The lowest BCUT2D eigenvalue weighted by atomic mass is 9.95. The van der Waals surface area contributed by atoms with E-state index >= 15 is 0 Å². The summed E-state index contributed by atoms with van der Waals surface area (Å²) in [5, 5.41) is 19.4. The molecule has 1 aromatic heterocycles. The molecule has 0 radical (unpaired) electrons. The number of hydrogen-bond donors (Lipinski definition) is 3. The first kappa shape index (κ1) is 14.7. The number of nitrogens with zero attached hydrogens (tertiary/aromatic N) is 2. The van der Waals surface area contributed by atoms with Crippen molar-refractivity contribution in [3.05, 3.63) is 22.2 Å². The van der Waals surface area contributed by atoms with E-state index in [2.05, 4.69) is 4.98 Å². The van der Waals surface area contributed by atoms with Gasteiger partial charge >= 0.3 is 5.69 Å². The van der Waals surface area contributed by atoms with Crippen LogP contribution >= 0.6 is 11.6 Å². The van der Waals surface area contributed by atoms with E-state index in [1.165, 1.54) is 6.20 Å². The third-order valence-electron chi connectivity index (χ3n) is 4.31. The van der Waals surface area contributed by atoms with Crippen molar-refractivity contribution in [2.75, 3.05) is 18.2 Å². The molecule has 4 N–H and O–H groups in total. The van der Waals surface area contributed by atoms with Crippen molar-refractivity contribution in [2.24, 2.45) is 0 Å². The molecule has 0 bridgehead atoms. The predicted molar refractivity (Wildman–Crippen MR) is 71.9 cm³/mol. The largest absolute Gasteiger partial charge is 0.393 e. The number of fused-ring (bicyclic) bond motifs is 1. The molecular weight excluding hydrogens is 305 g/mol. The SMILES string of the molecule is Cc1cn(C2[C@@H]3O[C@@](CO)(CCl)[C@@H](O)[C@@]23F)c(=O)nc1N. The Morgan fingerprint density at radius 2 is 2.33 bits per heavy atom. The maximum Gasteiger partial charge on any atom is 0.349 e. The molecule has 0 amide bonds. The summed E-state index contributed by atoms with van der Waals surface area (Å²) in [5.41, 5.74) is 1.60. The fourth-order valence-corrected chi connectivity index (χ4v) is 3.22. The highest BCUT2D eigenvalue weighted by Crippen LogP contribution is 2.63. The van der Waals surface area contributed by atoms with E-state index in [0.717, 1.165) is 4.57 Å². The van der Waals surface area contributed by atoms with Gasteiger partial charge in [-0.2, -0.15) is 4.98 Å².